The molecule has 2 N–H and O–H groups in total. The lowest BCUT2D eigenvalue weighted by atomic mass is 9.76. The molecule has 2 heteroatoms. The van der Waals surface area contributed by atoms with E-state index >= 15 is 0 Å². The highest BCUT2D eigenvalue weighted by molar-refractivity contribution is 5.23. The molecule has 0 unspecified atom stereocenters. The summed E-state index contributed by atoms with van der Waals surface area (Å²) in [5.74, 6) is 0.406. The molecule has 0 bridgehead atoms. The molecular formula is C10H12FN. The van der Waals surface area contributed by atoms with Crippen LogP contribution < -0.4 is 5.73 Å². The van der Waals surface area contributed by atoms with Gasteiger partial charge in [-0.05, 0) is 36.5 Å². The van der Waals surface area contributed by atoms with Gasteiger partial charge < -0.3 is 5.73 Å². The van der Waals surface area contributed by atoms with Gasteiger partial charge in [0.2, 0.25) is 0 Å². The molecule has 1 fully saturated rings. The standard InChI is InChI=1S/C10H12FN/c11-9-3-1-7(2-4-9)8-5-10(12)6-8/h1-4,8,10H,5-6,12H2/t8-,10-. The van der Waals surface area contributed by atoms with Gasteiger partial charge in [0, 0.05) is 6.04 Å². The zero-order chi connectivity index (χ0) is 8.55. The van der Waals surface area contributed by atoms with Gasteiger partial charge in [0.05, 0.1) is 0 Å². The van der Waals surface area contributed by atoms with Crippen molar-refractivity contribution in [2.45, 2.75) is 24.8 Å². The Labute approximate surface area is 71.4 Å². The van der Waals surface area contributed by atoms with Crippen molar-refractivity contribution < 1.29 is 4.39 Å². The predicted octanol–water partition coefficient (Wildman–Crippen LogP) is 2.03. The maximum Gasteiger partial charge on any atom is 0.123 e. The lowest BCUT2D eigenvalue weighted by Crippen LogP contribution is -2.34. The number of rotatable bonds is 1. The fourth-order valence-corrected chi connectivity index (χ4v) is 1.67. The third kappa shape index (κ3) is 1.34. The molecule has 12 heavy (non-hydrogen) atoms. The Balaban J connectivity index is 2.09. The molecule has 0 saturated heterocycles. The fraction of sp³-hybridized carbons (Fsp3) is 0.400. The maximum atomic E-state index is 12.5. The van der Waals surface area contributed by atoms with Crippen LogP contribution in [0.5, 0.6) is 0 Å². The van der Waals surface area contributed by atoms with Crippen LogP contribution in [0.15, 0.2) is 24.3 Å². The van der Waals surface area contributed by atoms with Crippen molar-refractivity contribution in [1.29, 1.82) is 0 Å². The first-order chi connectivity index (χ1) is 5.75. The summed E-state index contributed by atoms with van der Waals surface area (Å²) in [5.41, 5.74) is 6.88. The van der Waals surface area contributed by atoms with Crippen molar-refractivity contribution in [3.05, 3.63) is 35.6 Å². The molecular weight excluding hydrogens is 153 g/mol. The third-order valence-corrected chi connectivity index (χ3v) is 2.52. The van der Waals surface area contributed by atoms with Crippen LogP contribution in [0.1, 0.15) is 24.3 Å². The van der Waals surface area contributed by atoms with Crippen LogP contribution in [-0.4, -0.2) is 6.04 Å². The summed E-state index contributed by atoms with van der Waals surface area (Å²) in [6.45, 7) is 0. The van der Waals surface area contributed by atoms with E-state index in [0.29, 0.717) is 12.0 Å². The Bertz CT molecular complexity index is 262. The van der Waals surface area contributed by atoms with E-state index in [1.54, 1.807) is 0 Å². The molecule has 1 aliphatic carbocycles. The van der Waals surface area contributed by atoms with E-state index < -0.39 is 0 Å². The third-order valence-electron chi connectivity index (χ3n) is 2.52. The first-order valence-corrected chi connectivity index (χ1v) is 4.27. The number of halogens is 1. The molecule has 1 saturated carbocycles. The topological polar surface area (TPSA) is 26.0 Å². The predicted molar refractivity (Wildman–Crippen MR) is 46.4 cm³/mol. The molecule has 1 aromatic rings. The van der Waals surface area contributed by atoms with Crippen LogP contribution in [0.2, 0.25) is 0 Å². The van der Waals surface area contributed by atoms with E-state index in [4.69, 9.17) is 5.73 Å². The van der Waals surface area contributed by atoms with Crippen molar-refractivity contribution in [3.63, 3.8) is 0 Å². The molecule has 64 valence electrons. The summed E-state index contributed by atoms with van der Waals surface area (Å²) in [6.07, 6.45) is 2.09. The quantitative estimate of drug-likeness (QED) is 0.677. The van der Waals surface area contributed by atoms with Crippen molar-refractivity contribution >= 4 is 0 Å². The lowest BCUT2D eigenvalue weighted by molar-refractivity contribution is 0.351. The van der Waals surface area contributed by atoms with Crippen molar-refractivity contribution in [2.24, 2.45) is 5.73 Å². The van der Waals surface area contributed by atoms with Crippen LogP contribution in [0.25, 0.3) is 0 Å². The van der Waals surface area contributed by atoms with Gasteiger partial charge in [-0.15, -0.1) is 0 Å². The number of benzene rings is 1. The second kappa shape index (κ2) is 2.87. The number of nitrogens with two attached hydrogens (primary N) is 1. The Morgan fingerprint density at radius 1 is 1.17 bits per heavy atom. The van der Waals surface area contributed by atoms with Crippen molar-refractivity contribution in [3.8, 4) is 0 Å². The van der Waals surface area contributed by atoms with Gasteiger partial charge in [-0.2, -0.15) is 0 Å². The van der Waals surface area contributed by atoms with Crippen LogP contribution in [-0.2, 0) is 0 Å². The van der Waals surface area contributed by atoms with Gasteiger partial charge in [0.15, 0.2) is 0 Å². The van der Waals surface area contributed by atoms with Gasteiger partial charge in [-0.1, -0.05) is 12.1 Å². The van der Waals surface area contributed by atoms with E-state index in [1.165, 1.54) is 17.7 Å². The van der Waals surface area contributed by atoms with Crippen molar-refractivity contribution in [2.75, 3.05) is 0 Å². The molecule has 0 amide bonds. The van der Waals surface area contributed by atoms with E-state index in [1.807, 2.05) is 12.1 Å². The van der Waals surface area contributed by atoms with E-state index in [9.17, 15) is 4.39 Å². The monoisotopic (exact) mass is 165 g/mol. The minimum absolute atomic E-state index is 0.164. The summed E-state index contributed by atoms with van der Waals surface area (Å²) in [7, 11) is 0. The van der Waals surface area contributed by atoms with Crippen LogP contribution in [0, 0.1) is 5.82 Å². The van der Waals surface area contributed by atoms with Crippen molar-refractivity contribution in [1.82, 2.24) is 0 Å². The molecule has 0 atom stereocenters. The van der Waals surface area contributed by atoms with Gasteiger partial charge in [-0.25, -0.2) is 4.39 Å². The Hall–Kier alpha value is -0.890. The maximum absolute atomic E-state index is 12.5. The first kappa shape index (κ1) is 7.74. The molecule has 1 nitrogen and oxygen atoms in total. The fourth-order valence-electron chi connectivity index (χ4n) is 1.67. The highest BCUT2D eigenvalue weighted by atomic mass is 19.1. The molecule has 1 aromatic carbocycles. The normalized spacial score (nSPS) is 28.2. The zero-order valence-corrected chi connectivity index (χ0v) is 6.83. The summed E-state index contributed by atoms with van der Waals surface area (Å²) in [6, 6.07) is 7.09. The largest absolute Gasteiger partial charge is 0.328 e. The van der Waals surface area contributed by atoms with Crippen LogP contribution >= 0.6 is 0 Å². The van der Waals surface area contributed by atoms with E-state index in [0.717, 1.165) is 12.8 Å². The Morgan fingerprint density at radius 3 is 2.25 bits per heavy atom. The summed E-state index contributed by atoms with van der Waals surface area (Å²) < 4.78 is 12.5. The van der Waals surface area contributed by atoms with Gasteiger partial charge in [0.25, 0.3) is 0 Å². The number of hydrogen-bond acceptors (Lipinski definition) is 1. The van der Waals surface area contributed by atoms with E-state index in [2.05, 4.69) is 0 Å². The molecule has 0 spiro atoms. The van der Waals surface area contributed by atoms with Crippen LogP contribution in [0.3, 0.4) is 0 Å². The van der Waals surface area contributed by atoms with E-state index in [-0.39, 0.29) is 5.82 Å². The molecule has 2 rings (SSSR count). The summed E-state index contributed by atoms with van der Waals surface area (Å²) >= 11 is 0. The summed E-state index contributed by atoms with van der Waals surface area (Å²) in [5, 5.41) is 0. The molecule has 0 aromatic heterocycles. The highest BCUT2D eigenvalue weighted by Crippen LogP contribution is 2.35. The Kier molecular flexibility index (Phi) is 1.85. The van der Waals surface area contributed by atoms with Gasteiger partial charge >= 0.3 is 0 Å². The first-order valence-electron chi connectivity index (χ1n) is 4.27. The molecule has 0 radical (unpaired) electrons. The molecule has 1 aliphatic rings. The average molecular weight is 165 g/mol. The Morgan fingerprint density at radius 2 is 1.75 bits per heavy atom. The smallest absolute Gasteiger partial charge is 0.123 e. The zero-order valence-electron chi connectivity index (χ0n) is 6.83. The second-order valence-corrected chi connectivity index (χ2v) is 3.48. The minimum Gasteiger partial charge on any atom is -0.328 e. The van der Waals surface area contributed by atoms with Gasteiger partial charge in [0.1, 0.15) is 5.82 Å². The highest BCUT2D eigenvalue weighted by Gasteiger charge is 2.26. The number of hydrogen-bond donors (Lipinski definition) is 1. The molecule has 0 heterocycles. The SMILES string of the molecule is N[C@H]1C[C@H](c2ccc(F)cc2)C1. The molecule has 0 aliphatic heterocycles. The average Bonchev–Trinajstić information content (AvgIpc) is 2.01. The summed E-state index contributed by atoms with van der Waals surface area (Å²) in [4.78, 5) is 0. The minimum atomic E-state index is -0.164. The van der Waals surface area contributed by atoms with Crippen LogP contribution in [0.4, 0.5) is 4.39 Å². The van der Waals surface area contributed by atoms with Gasteiger partial charge in [-0.3, -0.25) is 0 Å². The second-order valence-electron chi connectivity index (χ2n) is 3.48. The lowest BCUT2D eigenvalue weighted by Gasteiger charge is -2.32.